The third-order valence-electron chi connectivity index (χ3n) is 3.80. The van der Waals surface area contributed by atoms with Crippen molar-refractivity contribution >= 4 is 17.4 Å². The molecule has 1 unspecified atom stereocenters. The lowest BCUT2D eigenvalue weighted by molar-refractivity contribution is -0.385. The molecule has 0 aromatic heterocycles. The van der Waals surface area contributed by atoms with E-state index in [9.17, 15) is 20.0 Å². The van der Waals surface area contributed by atoms with E-state index in [0.717, 1.165) is 4.90 Å². The maximum atomic E-state index is 12.1. The van der Waals surface area contributed by atoms with Crippen molar-refractivity contribution in [1.29, 1.82) is 0 Å². The van der Waals surface area contributed by atoms with Crippen LogP contribution in [0.3, 0.4) is 0 Å². The first kappa shape index (κ1) is 14.0. The minimum Gasteiger partial charge on any atom is -0.363 e. The number of nitrogens with one attached hydrogen (secondary N) is 1. The molecule has 2 aromatic carbocycles. The van der Waals surface area contributed by atoms with Gasteiger partial charge in [0.15, 0.2) is 5.72 Å². The van der Waals surface area contributed by atoms with Crippen LogP contribution in [-0.2, 0) is 5.72 Å². The van der Waals surface area contributed by atoms with Crippen LogP contribution < -0.4 is 5.32 Å². The van der Waals surface area contributed by atoms with E-state index in [1.165, 1.54) is 25.2 Å². The molecule has 7 nitrogen and oxygen atoms in total. The molecule has 0 radical (unpaired) electrons. The fraction of sp³-hybridized carbons (Fsp3) is 0.133. The van der Waals surface area contributed by atoms with Gasteiger partial charge in [0.25, 0.3) is 5.69 Å². The molecule has 0 saturated heterocycles. The van der Waals surface area contributed by atoms with Crippen molar-refractivity contribution in [2.45, 2.75) is 5.72 Å². The first-order valence-corrected chi connectivity index (χ1v) is 6.56. The number of nitro groups is 1. The van der Waals surface area contributed by atoms with Crippen molar-refractivity contribution in [3.63, 3.8) is 0 Å². The first-order valence-electron chi connectivity index (χ1n) is 6.56. The number of aliphatic hydroxyl groups is 1. The van der Waals surface area contributed by atoms with E-state index < -0.39 is 16.7 Å². The minimum absolute atomic E-state index is 0.155. The lowest BCUT2D eigenvalue weighted by Crippen LogP contribution is -2.53. The fourth-order valence-corrected chi connectivity index (χ4v) is 2.59. The highest BCUT2D eigenvalue weighted by Crippen LogP contribution is 2.41. The molecule has 2 amide bonds. The van der Waals surface area contributed by atoms with E-state index in [0.29, 0.717) is 11.3 Å². The van der Waals surface area contributed by atoms with Crippen LogP contribution in [0.2, 0.25) is 0 Å². The van der Waals surface area contributed by atoms with Gasteiger partial charge in [0, 0.05) is 30.3 Å². The number of nitro benzene ring substituents is 1. The SMILES string of the molecule is CN1C(=O)Nc2ccc([N+](=O)[O-])cc2C1(O)c1ccccc1. The van der Waals surface area contributed by atoms with E-state index in [-0.39, 0.29) is 11.3 Å². The minimum atomic E-state index is -1.77. The average Bonchev–Trinajstić information content (AvgIpc) is 2.53. The zero-order valence-electron chi connectivity index (χ0n) is 11.7. The van der Waals surface area contributed by atoms with E-state index in [1.54, 1.807) is 30.3 Å². The van der Waals surface area contributed by atoms with Gasteiger partial charge in [0.2, 0.25) is 0 Å². The predicted molar refractivity (Wildman–Crippen MR) is 79.3 cm³/mol. The maximum absolute atomic E-state index is 12.1. The van der Waals surface area contributed by atoms with Crippen LogP contribution in [0.4, 0.5) is 16.2 Å². The van der Waals surface area contributed by atoms with Gasteiger partial charge < -0.3 is 10.4 Å². The molecular weight excluding hydrogens is 286 g/mol. The molecule has 1 aliphatic heterocycles. The molecule has 3 rings (SSSR count). The van der Waals surface area contributed by atoms with Crippen LogP contribution in [0.15, 0.2) is 48.5 Å². The molecule has 22 heavy (non-hydrogen) atoms. The summed E-state index contributed by atoms with van der Waals surface area (Å²) in [6.45, 7) is 0. The van der Waals surface area contributed by atoms with Crippen LogP contribution in [-0.4, -0.2) is 28.0 Å². The van der Waals surface area contributed by atoms with Gasteiger partial charge >= 0.3 is 6.03 Å². The van der Waals surface area contributed by atoms with Crippen molar-refractivity contribution in [3.8, 4) is 0 Å². The number of anilines is 1. The normalized spacial score (nSPS) is 20.3. The summed E-state index contributed by atoms with van der Waals surface area (Å²) < 4.78 is 0. The van der Waals surface area contributed by atoms with Crippen molar-refractivity contribution in [3.05, 3.63) is 69.8 Å². The first-order chi connectivity index (χ1) is 10.4. The molecule has 0 aliphatic carbocycles. The van der Waals surface area contributed by atoms with Gasteiger partial charge in [-0.1, -0.05) is 30.3 Å². The van der Waals surface area contributed by atoms with Crippen molar-refractivity contribution in [2.24, 2.45) is 0 Å². The zero-order valence-corrected chi connectivity index (χ0v) is 11.7. The summed E-state index contributed by atoms with van der Waals surface area (Å²) in [4.78, 5) is 23.7. The number of hydrogen-bond donors (Lipinski definition) is 2. The number of rotatable bonds is 2. The number of carbonyl (C=O) groups is 1. The molecule has 0 bridgehead atoms. The summed E-state index contributed by atoms with van der Waals surface area (Å²) >= 11 is 0. The van der Waals surface area contributed by atoms with E-state index in [4.69, 9.17) is 0 Å². The molecule has 1 atom stereocenters. The summed E-state index contributed by atoms with van der Waals surface area (Å²) in [5.41, 5.74) is -0.868. The monoisotopic (exact) mass is 299 g/mol. The Hall–Kier alpha value is -2.93. The number of non-ortho nitro benzene ring substituents is 1. The third-order valence-corrected chi connectivity index (χ3v) is 3.80. The number of hydrogen-bond acceptors (Lipinski definition) is 4. The molecule has 112 valence electrons. The smallest absolute Gasteiger partial charge is 0.324 e. The Labute approximate surface area is 125 Å². The summed E-state index contributed by atoms with van der Waals surface area (Å²) in [5.74, 6) is 0. The molecule has 0 fully saturated rings. The molecule has 2 aromatic rings. The number of nitrogens with zero attached hydrogens (tertiary/aromatic N) is 2. The Morgan fingerprint density at radius 3 is 2.55 bits per heavy atom. The molecule has 2 N–H and O–H groups in total. The van der Waals surface area contributed by atoms with Gasteiger partial charge in [-0.25, -0.2) is 4.79 Å². The number of amides is 2. The Bertz CT molecular complexity index is 763. The highest BCUT2D eigenvalue weighted by atomic mass is 16.6. The maximum Gasteiger partial charge on any atom is 0.324 e. The Kier molecular flexibility index (Phi) is 3.07. The van der Waals surface area contributed by atoms with Crippen LogP contribution in [0.5, 0.6) is 0 Å². The van der Waals surface area contributed by atoms with E-state index in [1.807, 2.05) is 0 Å². The van der Waals surface area contributed by atoms with Crippen LogP contribution in [0, 0.1) is 10.1 Å². The van der Waals surface area contributed by atoms with Gasteiger partial charge in [-0.15, -0.1) is 0 Å². The quantitative estimate of drug-likeness (QED) is 0.656. The van der Waals surface area contributed by atoms with Crippen LogP contribution in [0.25, 0.3) is 0 Å². The predicted octanol–water partition coefficient (Wildman–Crippen LogP) is 2.27. The molecular formula is C15H13N3O4. The largest absolute Gasteiger partial charge is 0.363 e. The summed E-state index contributed by atoms with van der Waals surface area (Å²) in [5, 5.41) is 24.8. The number of urea groups is 1. The number of carbonyl (C=O) groups excluding carboxylic acids is 1. The van der Waals surface area contributed by atoms with Crippen LogP contribution >= 0.6 is 0 Å². The van der Waals surface area contributed by atoms with Gasteiger partial charge in [-0.3, -0.25) is 15.0 Å². The van der Waals surface area contributed by atoms with Crippen molar-refractivity contribution in [1.82, 2.24) is 4.90 Å². The standard InChI is InChI=1S/C15H13N3O4/c1-17-14(19)16-13-8-7-11(18(21)22)9-12(13)15(17,20)10-5-3-2-4-6-10/h2-9,20H,1H3,(H,16,19). The molecule has 1 heterocycles. The Balaban J connectivity index is 2.28. The average molecular weight is 299 g/mol. The molecule has 0 saturated carbocycles. The highest BCUT2D eigenvalue weighted by Gasteiger charge is 2.45. The number of benzene rings is 2. The second-order valence-electron chi connectivity index (χ2n) is 5.01. The highest BCUT2D eigenvalue weighted by molar-refractivity contribution is 5.94. The van der Waals surface area contributed by atoms with Crippen LogP contribution in [0.1, 0.15) is 11.1 Å². The van der Waals surface area contributed by atoms with Gasteiger partial charge in [0.05, 0.1) is 10.6 Å². The third kappa shape index (κ3) is 1.91. The molecule has 7 heteroatoms. The number of fused-ring (bicyclic) bond motifs is 1. The fourth-order valence-electron chi connectivity index (χ4n) is 2.59. The second kappa shape index (κ2) is 4.81. The Morgan fingerprint density at radius 1 is 1.23 bits per heavy atom. The molecule has 1 aliphatic rings. The lowest BCUT2D eigenvalue weighted by Gasteiger charge is -2.42. The summed E-state index contributed by atoms with van der Waals surface area (Å²) in [6, 6.07) is 12.1. The summed E-state index contributed by atoms with van der Waals surface area (Å²) in [6.07, 6.45) is 0. The van der Waals surface area contributed by atoms with Gasteiger partial charge in [-0.2, -0.15) is 0 Å². The van der Waals surface area contributed by atoms with Gasteiger partial charge in [0.1, 0.15) is 0 Å². The summed E-state index contributed by atoms with van der Waals surface area (Å²) in [7, 11) is 1.43. The van der Waals surface area contributed by atoms with E-state index >= 15 is 0 Å². The Morgan fingerprint density at radius 2 is 1.91 bits per heavy atom. The molecule has 0 spiro atoms. The van der Waals surface area contributed by atoms with Crippen molar-refractivity contribution in [2.75, 3.05) is 12.4 Å². The van der Waals surface area contributed by atoms with E-state index in [2.05, 4.69) is 5.32 Å². The van der Waals surface area contributed by atoms with Crippen molar-refractivity contribution < 1.29 is 14.8 Å². The second-order valence-corrected chi connectivity index (χ2v) is 5.01. The van der Waals surface area contributed by atoms with Gasteiger partial charge in [-0.05, 0) is 6.07 Å². The topological polar surface area (TPSA) is 95.7 Å². The lowest BCUT2D eigenvalue weighted by atomic mass is 9.90. The zero-order chi connectivity index (χ0) is 15.9.